The highest BCUT2D eigenvalue weighted by Gasteiger charge is 2.17. The number of methoxy groups -OCH3 is 3. The topological polar surface area (TPSA) is 115 Å². The summed E-state index contributed by atoms with van der Waals surface area (Å²) < 4.78 is 15.6. The van der Waals surface area contributed by atoms with E-state index in [0.29, 0.717) is 22.9 Å². The van der Waals surface area contributed by atoms with Gasteiger partial charge in [-0.05, 0) is 49.2 Å². The van der Waals surface area contributed by atoms with E-state index in [2.05, 4.69) is 16.2 Å². The van der Waals surface area contributed by atoms with E-state index >= 15 is 0 Å². The van der Waals surface area contributed by atoms with Gasteiger partial charge in [-0.15, -0.1) is 0 Å². The van der Waals surface area contributed by atoms with Gasteiger partial charge in [-0.3, -0.25) is 25.2 Å². The van der Waals surface area contributed by atoms with Crippen LogP contribution in [0.3, 0.4) is 0 Å². The lowest BCUT2D eigenvalue weighted by Crippen LogP contribution is -2.41. The van der Waals surface area contributed by atoms with E-state index in [1.165, 1.54) is 33.5 Å². The van der Waals surface area contributed by atoms with Gasteiger partial charge in [0.15, 0.2) is 11.5 Å². The first-order valence-corrected chi connectivity index (χ1v) is 9.55. The van der Waals surface area contributed by atoms with Crippen LogP contribution in [0.4, 0.5) is 5.69 Å². The van der Waals surface area contributed by atoms with Crippen molar-refractivity contribution >= 4 is 23.4 Å². The summed E-state index contributed by atoms with van der Waals surface area (Å²) in [5.41, 5.74) is 7.65. The fraction of sp³-hybridized carbons (Fsp3) is 0.318. The predicted molar refractivity (Wildman–Crippen MR) is 115 cm³/mol. The van der Waals surface area contributed by atoms with Crippen LogP contribution in [0.15, 0.2) is 30.3 Å². The van der Waals surface area contributed by atoms with Crippen LogP contribution in [-0.4, -0.2) is 39.1 Å². The normalized spacial score (nSPS) is 10.1. The van der Waals surface area contributed by atoms with Crippen molar-refractivity contribution in [3.8, 4) is 17.2 Å². The number of carbonyl (C=O) groups is 3. The van der Waals surface area contributed by atoms with Gasteiger partial charge in [-0.2, -0.15) is 0 Å². The summed E-state index contributed by atoms with van der Waals surface area (Å²) in [5, 5.41) is 2.75. The minimum absolute atomic E-state index is 0.0290. The second kappa shape index (κ2) is 10.9. The SMILES string of the molecule is COc1cc(C(=O)NNC(=O)CCC(=O)Nc2ccc(C)c(C)c2)cc(OC)c1OC. The average molecular weight is 429 g/mol. The molecule has 0 heterocycles. The van der Waals surface area contributed by atoms with Crippen LogP contribution in [0.5, 0.6) is 17.2 Å². The van der Waals surface area contributed by atoms with Crippen molar-refractivity contribution in [2.45, 2.75) is 26.7 Å². The molecule has 31 heavy (non-hydrogen) atoms. The van der Waals surface area contributed by atoms with Gasteiger partial charge < -0.3 is 19.5 Å². The Bertz CT molecular complexity index is 949. The summed E-state index contributed by atoms with van der Waals surface area (Å²) in [6.45, 7) is 3.94. The summed E-state index contributed by atoms with van der Waals surface area (Å²) >= 11 is 0. The van der Waals surface area contributed by atoms with Crippen molar-refractivity contribution in [1.82, 2.24) is 10.9 Å². The average Bonchev–Trinajstić information content (AvgIpc) is 2.77. The molecular formula is C22H27N3O6. The number of amides is 3. The number of benzene rings is 2. The molecular weight excluding hydrogens is 402 g/mol. The second-order valence-electron chi connectivity index (χ2n) is 6.76. The molecule has 9 heteroatoms. The van der Waals surface area contributed by atoms with Gasteiger partial charge in [-0.25, -0.2) is 0 Å². The molecule has 166 valence electrons. The van der Waals surface area contributed by atoms with Crippen LogP contribution in [0.1, 0.15) is 34.3 Å². The molecule has 0 atom stereocenters. The molecule has 0 fully saturated rings. The van der Waals surface area contributed by atoms with Crippen LogP contribution in [0.25, 0.3) is 0 Å². The molecule has 3 N–H and O–H groups in total. The third-order valence-corrected chi connectivity index (χ3v) is 4.61. The summed E-state index contributed by atoms with van der Waals surface area (Å²) in [4.78, 5) is 36.4. The first-order chi connectivity index (χ1) is 14.8. The molecule has 2 aromatic carbocycles. The number of ether oxygens (including phenoxy) is 3. The zero-order chi connectivity index (χ0) is 23.0. The van der Waals surface area contributed by atoms with Crippen molar-refractivity contribution in [2.75, 3.05) is 26.6 Å². The molecule has 0 saturated carbocycles. The quantitative estimate of drug-likeness (QED) is 0.556. The number of carbonyl (C=O) groups excluding carboxylic acids is 3. The van der Waals surface area contributed by atoms with Gasteiger partial charge in [0.1, 0.15) is 0 Å². The molecule has 0 aromatic heterocycles. The zero-order valence-electron chi connectivity index (χ0n) is 18.3. The van der Waals surface area contributed by atoms with E-state index in [1.807, 2.05) is 26.0 Å². The van der Waals surface area contributed by atoms with Crippen molar-refractivity contribution < 1.29 is 28.6 Å². The van der Waals surface area contributed by atoms with Crippen LogP contribution >= 0.6 is 0 Å². The molecule has 0 aliphatic rings. The number of rotatable bonds is 8. The molecule has 0 saturated heterocycles. The monoisotopic (exact) mass is 429 g/mol. The Morgan fingerprint density at radius 2 is 1.39 bits per heavy atom. The first-order valence-electron chi connectivity index (χ1n) is 9.55. The number of hydrogen-bond donors (Lipinski definition) is 3. The lowest BCUT2D eigenvalue weighted by molar-refractivity contribution is -0.124. The molecule has 0 spiro atoms. The Labute approximate surface area is 181 Å². The van der Waals surface area contributed by atoms with Gasteiger partial charge in [0, 0.05) is 24.1 Å². The summed E-state index contributed by atoms with van der Waals surface area (Å²) in [7, 11) is 4.32. The van der Waals surface area contributed by atoms with Crippen molar-refractivity contribution in [2.24, 2.45) is 0 Å². The molecule has 2 rings (SSSR count). The summed E-state index contributed by atoms with van der Waals surface area (Å²) in [6.07, 6.45) is -0.120. The first kappa shape index (κ1) is 23.5. The van der Waals surface area contributed by atoms with E-state index in [4.69, 9.17) is 14.2 Å². The molecule has 0 unspecified atom stereocenters. The van der Waals surface area contributed by atoms with Gasteiger partial charge in [-0.1, -0.05) is 6.07 Å². The van der Waals surface area contributed by atoms with E-state index in [-0.39, 0.29) is 24.3 Å². The number of nitrogens with one attached hydrogen (secondary N) is 3. The fourth-order valence-corrected chi connectivity index (χ4v) is 2.74. The predicted octanol–water partition coefficient (Wildman–Crippen LogP) is 2.51. The maximum absolute atomic E-state index is 12.4. The molecule has 0 radical (unpaired) electrons. The highest BCUT2D eigenvalue weighted by atomic mass is 16.5. The smallest absolute Gasteiger partial charge is 0.269 e. The van der Waals surface area contributed by atoms with Crippen LogP contribution in [-0.2, 0) is 9.59 Å². The molecule has 9 nitrogen and oxygen atoms in total. The number of aryl methyl sites for hydroxylation is 2. The Balaban J connectivity index is 1.87. The number of hydrazine groups is 1. The minimum Gasteiger partial charge on any atom is -0.493 e. The van der Waals surface area contributed by atoms with Crippen LogP contribution < -0.4 is 30.4 Å². The molecule has 0 aliphatic carbocycles. The van der Waals surface area contributed by atoms with Crippen LogP contribution in [0, 0.1) is 13.8 Å². The third-order valence-electron chi connectivity index (χ3n) is 4.61. The Hall–Kier alpha value is -3.75. The largest absolute Gasteiger partial charge is 0.493 e. The van der Waals surface area contributed by atoms with Crippen molar-refractivity contribution in [1.29, 1.82) is 0 Å². The highest BCUT2D eigenvalue weighted by molar-refractivity contribution is 5.97. The lowest BCUT2D eigenvalue weighted by atomic mass is 10.1. The zero-order valence-corrected chi connectivity index (χ0v) is 18.3. The Morgan fingerprint density at radius 3 is 1.94 bits per heavy atom. The molecule has 2 aromatic rings. The molecule has 3 amide bonds. The number of anilines is 1. The van der Waals surface area contributed by atoms with E-state index in [0.717, 1.165) is 11.1 Å². The van der Waals surface area contributed by atoms with Gasteiger partial charge >= 0.3 is 0 Å². The standard InChI is InChI=1S/C22H27N3O6/c1-13-6-7-16(10-14(13)2)23-19(26)8-9-20(27)24-25-22(28)15-11-17(29-3)21(31-5)18(12-15)30-4/h6-7,10-12H,8-9H2,1-5H3,(H,23,26)(H,24,27)(H,25,28). The Morgan fingerprint density at radius 1 is 0.774 bits per heavy atom. The van der Waals surface area contributed by atoms with Gasteiger partial charge in [0.2, 0.25) is 17.6 Å². The minimum atomic E-state index is -0.577. The maximum Gasteiger partial charge on any atom is 0.269 e. The number of hydrogen-bond acceptors (Lipinski definition) is 6. The van der Waals surface area contributed by atoms with E-state index in [9.17, 15) is 14.4 Å². The van der Waals surface area contributed by atoms with Crippen molar-refractivity contribution in [3.63, 3.8) is 0 Å². The maximum atomic E-state index is 12.4. The van der Waals surface area contributed by atoms with Gasteiger partial charge in [0.05, 0.1) is 21.3 Å². The molecule has 0 aliphatic heterocycles. The van der Waals surface area contributed by atoms with Crippen molar-refractivity contribution in [3.05, 3.63) is 47.0 Å². The lowest BCUT2D eigenvalue weighted by Gasteiger charge is -2.14. The third kappa shape index (κ3) is 6.36. The highest BCUT2D eigenvalue weighted by Crippen LogP contribution is 2.38. The summed E-state index contributed by atoms with van der Waals surface area (Å²) in [5.74, 6) is -0.416. The Kier molecular flexibility index (Phi) is 8.25. The van der Waals surface area contributed by atoms with E-state index in [1.54, 1.807) is 6.07 Å². The molecule has 0 bridgehead atoms. The second-order valence-corrected chi connectivity index (χ2v) is 6.76. The van der Waals surface area contributed by atoms with Gasteiger partial charge in [0.25, 0.3) is 5.91 Å². The fourth-order valence-electron chi connectivity index (χ4n) is 2.74. The van der Waals surface area contributed by atoms with E-state index < -0.39 is 11.8 Å². The summed E-state index contributed by atoms with van der Waals surface area (Å²) in [6, 6.07) is 8.50. The van der Waals surface area contributed by atoms with Crippen LogP contribution in [0.2, 0.25) is 0 Å².